The first kappa shape index (κ1) is 23.2. The molecule has 2 aliphatic carbocycles. The highest BCUT2D eigenvalue weighted by atomic mass is 31.2. The molecule has 1 N–H and O–H groups in total. The maximum absolute atomic E-state index is 14.3. The van der Waals surface area contributed by atoms with E-state index >= 15 is 0 Å². The second kappa shape index (κ2) is 9.51. The Bertz CT molecular complexity index is 1020. The maximum atomic E-state index is 14.3. The van der Waals surface area contributed by atoms with E-state index in [2.05, 4.69) is 11.4 Å². The number of hydrogen-bond donors (Lipinski definition) is 1. The smallest absolute Gasteiger partial charge is 0.251 e. The minimum Gasteiger partial charge on any atom is -0.349 e. The summed E-state index contributed by atoms with van der Waals surface area (Å²) in [5.41, 5.74) is 3.73. The Morgan fingerprint density at radius 1 is 1.06 bits per heavy atom. The largest absolute Gasteiger partial charge is 0.349 e. The summed E-state index contributed by atoms with van der Waals surface area (Å²) < 4.78 is 26.7. The molecule has 5 heteroatoms. The number of nitrogens with one attached hydrogen (secondary N) is 1. The molecule has 0 spiro atoms. The lowest BCUT2D eigenvalue weighted by Crippen LogP contribution is -2.37. The van der Waals surface area contributed by atoms with Crippen LogP contribution in [-0.2, 0) is 4.57 Å². The van der Waals surface area contributed by atoms with Crippen LogP contribution in [0.1, 0.15) is 77.4 Å². The number of carbonyl (C=O) groups is 1. The molecule has 4 rings (SSSR count). The molecule has 0 heterocycles. The summed E-state index contributed by atoms with van der Waals surface area (Å²) in [6.45, 7) is 5.71. The number of benzene rings is 2. The number of hydrogen-bond acceptors (Lipinski definition) is 2. The van der Waals surface area contributed by atoms with Crippen LogP contribution in [0.4, 0.5) is 4.39 Å². The predicted molar refractivity (Wildman–Crippen MR) is 130 cm³/mol. The zero-order valence-corrected chi connectivity index (χ0v) is 20.3. The third-order valence-electron chi connectivity index (χ3n) is 7.06. The van der Waals surface area contributed by atoms with Crippen molar-refractivity contribution >= 4 is 13.0 Å². The lowest BCUT2D eigenvalue weighted by atomic mass is 9.81. The Kier molecular flexibility index (Phi) is 6.91. The third kappa shape index (κ3) is 5.90. The lowest BCUT2D eigenvalue weighted by Gasteiger charge is -2.30. The van der Waals surface area contributed by atoms with Gasteiger partial charge in [0.1, 0.15) is 5.82 Å². The SMILES string of the molecule is Cc1ccc(F)c(C2CCC(NC(=O)c3cccc([C@@H](CP(C)(C)=O)C4CC4)c3)CC2)c1. The van der Waals surface area contributed by atoms with E-state index in [0.717, 1.165) is 42.4 Å². The van der Waals surface area contributed by atoms with E-state index in [0.29, 0.717) is 17.6 Å². The summed E-state index contributed by atoms with van der Waals surface area (Å²) in [7, 11) is -2.13. The zero-order valence-electron chi connectivity index (χ0n) is 19.4. The molecule has 32 heavy (non-hydrogen) atoms. The molecule has 0 bridgehead atoms. The fourth-order valence-electron chi connectivity index (χ4n) is 5.20. The van der Waals surface area contributed by atoms with Crippen molar-refractivity contribution in [3.05, 3.63) is 70.5 Å². The van der Waals surface area contributed by atoms with Gasteiger partial charge in [0.25, 0.3) is 5.91 Å². The van der Waals surface area contributed by atoms with Crippen LogP contribution in [0.3, 0.4) is 0 Å². The van der Waals surface area contributed by atoms with Crippen molar-refractivity contribution in [2.24, 2.45) is 5.92 Å². The molecule has 3 nitrogen and oxygen atoms in total. The van der Waals surface area contributed by atoms with Crippen molar-refractivity contribution in [1.29, 1.82) is 0 Å². The molecule has 2 aliphatic rings. The van der Waals surface area contributed by atoms with E-state index in [4.69, 9.17) is 0 Å². The summed E-state index contributed by atoms with van der Waals surface area (Å²) in [6.07, 6.45) is 6.58. The van der Waals surface area contributed by atoms with Gasteiger partial charge < -0.3 is 9.88 Å². The molecule has 172 valence electrons. The normalized spacial score (nSPS) is 22.4. The molecule has 2 fully saturated rings. The molecule has 1 amide bonds. The van der Waals surface area contributed by atoms with Gasteiger partial charge in [-0.25, -0.2) is 4.39 Å². The Morgan fingerprint density at radius 3 is 2.44 bits per heavy atom. The average Bonchev–Trinajstić information content (AvgIpc) is 3.59. The second-order valence-corrected chi connectivity index (χ2v) is 13.9. The summed E-state index contributed by atoms with van der Waals surface area (Å²) in [4.78, 5) is 13.0. The molecule has 2 saturated carbocycles. The van der Waals surface area contributed by atoms with Gasteiger partial charge in [0.15, 0.2) is 0 Å². The number of carbonyl (C=O) groups excluding carboxylic acids is 1. The molecule has 2 aromatic carbocycles. The monoisotopic (exact) mass is 455 g/mol. The van der Waals surface area contributed by atoms with Crippen LogP contribution >= 0.6 is 7.14 Å². The minimum atomic E-state index is -2.13. The third-order valence-corrected chi connectivity index (χ3v) is 8.33. The highest BCUT2D eigenvalue weighted by Crippen LogP contribution is 2.50. The Balaban J connectivity index is 1.38. The number of amides is 1. The standard InChI is InChI=1S/C27H35FNO2P/c1-18-7-14-26(28)24(15-18)19-10-12-23(13-11-19)29-27(30)22-6-4-5-21(16-22)25(20-8-9-20)17-32(2,3)31/h4-7,14-16,19-20,23,25H,8-13,17H2,1-3H3,(H,29,30)/t19?,23?,25-/m0/s1. The van der Waals surface area contributed by atoms with Crippen LogP contribution in [0.25, 0.3) is 0 Å². The van der Waals surface area contributed by atoms with Gasteiger partial charge in [0, 0.05) is 17.8 Å². The van der Waals surface area contributed by atoms with Crippen molar-refractivity contribution in [3.8, 4) is 0 Å². The van der Waals surface area contributed by atoms with Gasteiger partial charge in [-0.2, -0.15) is 0 Å². The first-order chi connectivity index (χ1) is 15.2. The Labute approximate surface area is 191 Å². The van der Waals surface area contributed by atoms with E-state index in [1.807, 2.05) is 50.6 Å². The molecular formula is C27H35FNO2P. The fourth-order valence-corrected chi connectivity index (χ4v) is 6.66. The molecule has 0 aliphatic heterocycles. The summed E-state index contributed by atoms with van der Waals surface area (Å²) in [5.74, 6) is 0.947. The summed E-state index contributed by atoms with van der Waals surface area (Å²) in [5, 5.41) is 3.20. The highest BCUT2D eigenvalue weighted by Gasteiger charge is 2.35. The second-order valence-electron chi connectivity index (χ2n) is 10.4. The van der Waals surface area contributed by atoms with Crippen LogP contribution in [0.2, 0.25) is 0 Å². The predicted octanol–water partition coefficient (Wildman–Crippen LogP) is 6.71. The zero-order chi connectivity index (χ0) is 22.9. The van der Waals surface area contributed by atoms with E-state index in [1.54, 1.807) is 6.07 Å². The molecule has 2 aromatic rings. The van der Waals surface area contributed by atoms with Crippen molar-refractivity contribution in [3.63, 3.8) is 0 Å². The first-order valence-corrected chi connectivity index (χ1v) is 14.7. The summed E-state index contributed by atoms with van der Waals surface area (Å²) >= 11 is 0. The number of halogens is 1. The van der Waals surface area contributed by atoms with Crippen molar-refractivity contribution in [1.82, 2.24) is 5.32 Å². The van der Waals surface area contributed by atoms with Crippen molar-refractivity contribution in [2.45, 2.75) is 63.3 Å². The van der Waals surface area contributed by atoms with E-state index in [1.165, 1.54) is 12.8 Å². The van der Waals surface area contributed by atoms with Crippen LogP contribution < -0.4 is 5.32 Å². The van der Waals surface area contributed by atoms with Crippen LogP contribution in [0.15, 0.2) is 42.5 Å². The maximum Gasteiger partial charge on any atom is 0.251 e. The van der Waals surface area contributed by atoms with Gasteiger partial charge in [0.05, 0.1) is 7.14 Å². The first-order valence-electron chi connectivity index (χ1n) is 11.9. The highest BCUT2D eigenvalue weighted by molar-refractivity contribution is 7.62. The van der Waals surface area contributed by atoms with Crippen molar-refractivity contribution in [2.75, 3.05) is 19.5 Å². The molecule has 1 atom stereocenters. The van der Waals surface area contributed by atoms with Crippen molar-refractivity contribution < 1.29 is 13.8 Å². The van der Waals surface area contributed by atoms with Crippen LogP contribution in [-0.4, -0.2) is 31.4 Å². The average molecular weight is 456 g/mol. The number of rotatable bonds is 7. The van der Waals surface area contributed by atoms with Gasteiger partial charge in [0.2, 0.25) is 0 Å². The molecule has 0 radical (unpaired) electrons. The molecule has 0 saturated heterocycles. The molecule has 0 unspecified atom stereocenters. The fraction of sp³-hybridized carbons (Fsp3) is 0.519. The molecule has 0 aromatic heterocycles. The van der Waals surface area contributed by atoms with E-state index in [-0.39, 0.29) is 29.6 Å². The Hall–Kier alpha value is -1.93. The van der Waals surface area contributed by atoms with Gasteiger partial charge in [-0.15, -0.1) is 0 Å². The van der Waals surface area contributed by atoms with Gasteiger partial charge in [-0.05, 0) is 106 Å². The summed E-state index contributed by atoms with van der Waals surface area (Å²) in [6, 6.07) is 13.4. The minimum absolute atomic E-state index is 0.0391. The van der Waals surface area contributed by atoms with Crippen LogP contribution in [0, 0.1) is 18.7 Å². The van der Waals surface area contributed by atoms with Gasteiger partial charge >= 0.3 is 0 Å². The lowest BCUT2D eigenvalue weighted by molar-refractivity contribution is 0.0925. The topological polar surface area (TPSA) is 46.2 Å². The molecular weight excluding hydrogens is 420 g/mol. The number of aryl methyl sites for hydroxylation is 1. The quantitative estimate of drug-likeness (QED) is 0.472. The van der Waals surface area contributed by atoms with E-state index in [9.17, 15) is 13.8 Å². The van der Waals surface area contributed by atoms with E-state index < -0.39 is 7.14 Å². The Morgan fingerprint density at radius 2 is 1.78 bits per heavy atom. The van der Waals surface area contributed by atoms with Gasteiger partial charge in [-0.3, -0.25) is 4.79 Å². The van der Waals surface area contributed by atoms with Gasteiger partial charge in [-0.1, -0.05) is 29.8 Å². The van der Waals surface area contributed by atoms with Crippen LogP contribution in [0.5, 0.6) is 0 Å².